The quantitative estimate of drug-likeness (QED) is 0.618. The second kappa shape index (κ2) is 4.04. The van der Waals surface area contributed by atoms with Crippen molar-refractivity contribution >= 4 is 29.3 Å². The van der Waals surface area contributed by atoms with Crippen LogP contribution in [0.5, 0.6) is 0 Å². The van der Waals surface area contributed by atoms with Crippen LogP contribution in [-0.2, 0) is 4.79 Å². The number of carboxylic acids is 1. The molecule has 0 fully saturated rings. The molecule has 8 heavy (non-hydrogen) atoms. The van der Waals surface area contributed by atoms with Crippen molar-refractivity contribution in [2.45, 2.75) is 5.38 Å². The maximum Gasteiger partial charge on any atom is 0.322 e. The molecule has 1 atom stereocenters. The van der Waals surface area contributed by atoms with Gasteiger partial charge in [0.1, 0.15) is 5.38 Å². The molecule has 0 spiro atoms. The number of carbonyl (C=O) groups is 1. The lowest BCUT2D eigenvalue weighted by molar-refractivity contribution is -0.136. The second-order valence-electron chi connectivity index (χ2n) is 1.26. The molecule has 0 saturated heterocycles. The molecule has 0 aromatic carbocycles. The monoisotopic (exact) mass is 154 g/mol. The van der Waals surface area contributed by atoms with E-state index in [4.69, 9.17) is 16.7 Å². The molecule has 2 nitrogen and oxygen atoms in total. The summed E-state index contributed by atoms with van der Waals surface area (Å²) in [5.74, 6) is -0.474. The normalized spacial score (nSPS) is 13.2. The zero-order valence-electron chi connectivity index (χ0n) is 4.43. The standard InChI is InChI=1S/C4H7ClO2S/c1-8-2-3(5)4(6)7/h3H,2H2,1H3,(H,6,7)/t3-/m1/s1. The molecule has 0 radical (unpaired) electrons. The number of hydrogen-bond donors (Lipinski definition) is 1. The van der Waals surface area contributed by atoms with Gasteiger partial charge < -0.3 is 5.11 Å². The Bertz CT molecular complexity index is 86.1. The van der Waals surface area contributed by atoms with Gasteiger partial charge in [-0.25, -0.2) is 0 Å². The molecule has 0 unspecified atom stereocenters. The van der Waals surface area contributed by atoms with Crippen LogP contribution in [-0.4, -0.2) is 28.5 Å². The Kier molecular flexibility index (Phi) is 4.09. The third-order valence-corrected chi connectivity index (χ3v) is 1.77. The summed E-state index contributed by atoms with van der Waals surface area (Å²) in [6, 6.07) is 0. The highest BCUT2D eigenvalue weighted by atomic mass is 35.5. The molecular formula is C4H7ClO2S. The predicted molar refractivity (Wildman–Crippen MR) is 35.7 cm³/mol. The van der Waals surface area contributed by atoms with Gasteiger partial charge in [-0.15, -0.1) is 11.6 Å². The van der Waals surface area contributed by atoms with Crippen LogP contribution < -0.4 is 0 Å². The van der Waals surface area contributed by atoms with Crippen LogP contribution in [0.4, 0.5) is 0 Å². The van der Waals surface area contributed by atoms with E-state index >= 15 is 0 Å². The highest BCUT2D eigenvalue weighted by Gasteiger charge is 2.10. The van der Waals surface area contributed by atoms with Crippen LogP contribution in [0.25, 0.3) is 0 Å². The Morgan fingerprint density at radius 2 is 2.50 bits per heavy atom. The number of hydrogen-bond acceptors (Lipinski definition) is 2. The van der Waals surface area contributed by atoms with Gasteiger partial charge in [0.05, 0.1) is 0 Å². The van der Waals surface area contributed by atoms with Crippen molar-refractivity contribution in [2.75, 3.05) is 12.0 Å². The first-order valence-electron chi connectivity index (χ1n) is 2.04. The zero-order chi connectivity index (χ0) is 6.57. The Hall–Kier alpha value is 0.110. The Morgan fingerprint density at radius 3 is 2.62 bits per heavy atom. The van der Waals surface area contributed by atoms with Gasteiger partial charge in [-0.2, -0.15) is 11.8 Å². The van der Waals surface area contributed by atoms with Crippen molar-refractivity contribution in [3.05, 3.63) is 0 Å². The lowest BCUT2D eigenvalue weighted by Crippen LogP contribution is -2.15. The largest absolute Gasteiger partial charge is 0.480 e. The van der Waals surface area contributed by atoms with Gasteiger partial charge in [0.15, 0.2) is 0 Å². The first-order valence-corrected chi connectivity index (χ1v) is 3.87. The fourth-order valence-corrected chi connectivity index (χ4v) is 1.03. The van der Waals surface area contributed by atoms with Gasteiger partial charge in [0.2, 0.25) is 0 Å². The number of alkyl halides is 1. The molecule has 0 aliphatic heterocycles. The van der Waals surface area contributed by atoms with Crippen LogP contribution in [0.15, 0.2) is 0 Å². The fraction of sp³-hybridized carbons (Fsp3) is 0.750. The maximum atomic E-state index is 9.94. The summed E-state index contributed by atoms with van der Waals surface area (Å²) in [4.78, 5) is 9.94. The van der Waals surface area contributed by atoms with Crippen molar-refractivity contribution in [3.63, 3.8) is 0 Å². The smallest absolute Gasteiger partial charge is 0.322 e. The van der Waals surface area contributed by atoms with E-state index in [1.165, 1.54) is 11.8 Å². The van der Waals surface area contributed by atoms with E-state index in [1.807, 2.05) is 6.26 Å². The fourth-order valence-electron chi connectivity index (χ4n) is 0.218. The summed E-state index contributed by atoms with van der Waals surface area (Å²) >= 11 is 6.72. The van der Waals surface area contributed by atoms with E-state index in [2.05, 4.69) is 0 Å². The van der Waals surface area contributed by atoms with Gasteiger partial charge in [-0.1, -0.05) is 0 Å². The van der Waals surface area contributed by atoms with Crippen LogP contribution in [0.1, 0.15) is 0 Å². The molecule has 0 bridgehead atoms. The van der Waals surface area contributed by atoms with Crippen molar-refractivity contribution in [3.8, 4) is 0 Å². The van der Waals surface area contributed by atoms with Crippen LogP contribution in [0, 0.1) is 0 Å². The third kappa shape index (κ3) is 3.16. The van der Waals surface area contributed by atoms with Crippen LogP contribution >= 0.6 is 23.4 Å². The average Bonchev–Trinajstić information content (AvgIpc) is 1.67. The van der Waals surface area contributed by atoms with Crippen molar-refractivity contribution in [1.29, 1.82) is 0 Å². The van der Waals surface area contributed by atoms with E-state index in [1.54, 1.807) is 0 Å². The first kappa shape index (κ1) is 8.11. The lowest BCUT2D eigenvalue weighted by Gasteiger charge is -1.97. The summed E-state index contributed by atoms with van der Waals surface area (Å²) in [6.45, 7) is 0. The minimum Gasteiger partial charge on any atom is -0.480 e. The van der Waals surface area contributed by atoms with Crippen molar-refractivity contribution in [2.24, 2.45) is 0 Å². The zero-order valence-corrected chi connectivity index (χ0v) is 6.00. The molecule has 48 valence electrons. The van der Waals surface area contributed by atoms with E-state index in [0.717, 1.165) is 0 Å². The van der Waals surface area contributed by atoms with Crippen molar-refractivity contribution in [1.82, 2.24) is 0 Å². The number of aliphatic carboxylic acids is 1. The highest BCUT2D eigenvalue weighted by molar-refractivity contribution is 7.98. The Morgan fingerprint density at radius 1 is 2.00 bits per heavy atom. The molecule has 0 aromatic heterocycles. The molecule has 0 heterocycles. The maximum absolute atomic E-state index is 9.94. The first-order chi connectivity index (χ1) is 3.68. The van der Waals surface area contributed by atoms with E-state index in [9.17, 15) is 4.79 Å². The molecular weight excluding hydrogens is 148 g/mol. The summed E-state index contributed by atoms with van der Waals surface area (Å²) in [7, 11) is 0. The number of rotatable bonds is 3. The average molecular weight is 155 g/mol. The highest BCUT2D eigenvalue weighted by Crippen LogP contribution is 2.03. The number of carboxylic acid groups (broad SMARTS) is 1. The van der Waals surface area contributed by atoms with Crippen molar-refractivity contribution < 1.29 is 9.90 Å². The SMILES string of the molecule is CSC[C@@H](Cl)C(=O)O. The van der Waals surface area contributed by atoms with Gasteiger partial charge >= 0.3 is 5.97 Å². The summed E-state index contributed by atoms with van der Waals surface area (Å²) in [5, 5.41) is 7.44. The number of thioether (sulfide) groups is 1. The Balaban J connectivity index is 3.32. The molecule has 4 heteroatoms. The molecule has 0 amide bonds. The minimum absolute atomic E-state index is 0.469. The lowest BCUT2D eigenvalue weighted by atomic mass is 10.5. The van der Waals surface area contributed by atoms with Gasteiger partial charge in [0.25, 0.3) is 0 Å². The molecule has 1 N–H and O–H groups in total. The molecule has 0 aliphatic carbocycles. The molecule has 0 saturated carbocycles. The molecule has 0 aromatic rings. The Labute approximate surface area is 57.2 Å². The van der Waals surface area contributed by atoms with Crippen LogP contribution in [0.2, 0.25) is 0 Å². The van der Waals surface area contributed by atoms with E-state index < -0.39 is 11.3 Å². The number of halogens is 1. The topological polar surface area (TPSA) is 37.3 Å². The van der Waals surface area contributed by atoms with E-state index in [0.29, 0.717) is 5.75 Å². The minimum atomic E-state index is -0.944. The van der Waals surface area contributed by atoms with Gasteiger partial charge in [-0.3, -0.25) is 4.79 Å². The third-order valence-electron chi connectivity index (χ3n) is 0.581. The van der Waals surface area contributed by atoms with Gasteiger partial charge in [-0.05, 0) is 6.26 Å². The van der Waals surface area contributed by atoms with Gasteiger partial charge in [0, 0.05) is 5.75 Å². The van der Waals surface area contributed by atoms with Crippen LogP contribution in [0.3, 0.4) is 0 Å². The molecule has 0 rings (SSSR count). The van der Waals surface area contributed by atoms with E-state index in [-0.39, 0.29) is 0 Å². The molecule has 0 aliphatic rings. The summed E-state index contributed by atoms with van der Waals surface area (Å²) in [5.41, 5.74) is 0. The second-order valence-corrected chi connectivity index (χ2v) is 2.70. The summed E-state index contributed by atoms with van der Waals surface area (Å²) < 4.78 is 0. The predicted octanol–water partition coefficient (Wildman–Crippen LogP) is 1.04. The summed E-state index contributed by atoms with van der Waals surface area (Å²) in [6.07, 6.45) is 1.82.